The Morgan fingerprint density at radius 2 is 1.61 bits per heavy atom. The number of hydrogen-bond donors (Lipinski definition) is 1. The molecule has 0 aromatic heterocycles. The van der Waals surface area contributed by atoms with Crippen LogP contribution in [0.1, 0.15) is 18.1 Å². The molecule has 1 amide bonds. The average molecular weight is 472 g/mol. The van der Waals surface area contributed by atoms with Gasteiger partial charge in [-0.3, -0.25) is 14.5 Å². The molecule has 0 aliphatic carbocycles. The average Bonchev–Trinajstić information content (AvgIpc) is 2.83. The van der Waals surface area contributed by atoms with Gasteiger partial charge in [0, 0.05) is 38.1 Å². The zero-order chi connectivity index (χ0) is 23.7. The summed E-state index contributed by atoms with van der Waals surface area (Å²) in [6.07, 6.45) is 0.444. The van der Waals surface area contributed by atoms with Crippen molar-refractivity contribution < 1.29 is 22.7 Å². The van der Waals surface area contributed by atoms with Gasteiger partial charge in [0.2, 0.25) is 10.0 Å². The first-order valence-electron chi connectivity index (χ1n) is 10.8. The first-order chi connectivity index (χ1) is 15.8. The van der Waals surface area contributed by atoms with Gasteiger partial charge in [-0.2, -0.15) is 0 Å². The van der Waals surface area contributed by atoms with E-state index >= 15 is 0 Å². The van der Waals surface area contributed by atoms with E-state index in [-0.39, 0.29) is 5.91 Å². The molecular weight excluding hydrogens is 442 g/mol. The van der Waals surface area contributed by atoms with Crippen molar-refractivity contribution in [2.75, 3.05) is 32.7 Å². The van der Waals surface area contributed by atoms with Gasteiger partial charge in [0.15, 0.2) is 6.10 Å². The number of nitrogens with zero attached hydrogens (tertiary/aromatic N) is 2. The Morgan fingerprint density at radius 3 is 2.24 bits per heavy atom. The molecule has 1 atom stereocenters. The van der Waals surface area contributed by atoms with Crippen LogP contribution in [0.2, 0.25) is 0 Å². The molecule has 176 valence electrons. The largest absolute Gasteiger partial charge is 0.452 e. The summed E-state index contributed by atoms with van der Waals surface area (Å²) < 4.78 is 31.4. The highest BCUT2D eigenvalue weighted by Crippen LogP contribution is 2.10. The van der Waals surface area contributed by atoms with Crippen LogP contribution in [0.3, 0.4) is 0 Å². The molecule has 0 spiro atoms. The summed E-state index contributed by atoms with van der Waals surface area (Å²) in [6, 6.07) is 19.1. The van der Waals surface area contributed by atoms with Crippen molar-refractivity contribution in [2.45, 2.75) is 19.6 Å². The summed E-state index contributed by atoms with van der Waals surface area (Å²) in [6.45, 7) is 4.33. The van der Waals surface area contributed by atoms with Gasteiger partial charge in [-0.05, 0) is 24.1 Å². The van der Waals surface area contributed by atoms with Crippen molar-refractivity contribution >= 4 is 28.0 Å². The van der Waals surface area contributed by atoms with Crippen LogP contribution in [0.5, 0.6) is 0 Å². The number of amides is 1. The number of carbonyl (C=O) groups is 2. The topological polar surface area (TPSA) is 96.0 Å². The zero-order valence-corrected chi connectivity index (χ0v) is 19.4. The molecule has 1 aliphatic rings. The fraction of sp³-hybridized carbons (Fsp3) is 0.333. The van der Waals surface area contributed by atoms with Gasteiger partial charge in [-0.25, -0.2) is 13.1 Å². The number of piperazine rings is 1. The normalized spacial score (nSPS) is 16.0. The summed E-state index contributed by atoms with van der Waals surface area (Å²) in [5, 5.41) is 0.985. The monoisotopic (exact) mass is 471 g/mol. The minimum absolute atomic E-state index is 0.283. The Hall–Kier alpha value is -3.01. The second-order valence-electron chi connectivity index (χ2n) is 7.80. The highest BCUT2D eigenvalue weighted by Gasteiger charge is 2.27. The van der Waals surface area contributed by atoms with Crippen molar-refractivity contribution in [3.8, 4) is 0 Å². The number of sulfonamides is 1. The number of rotatable bonds is 9. The van der Waals surface area contributed by atoms with E-state index in [9.17, 15) is 18.0 Å². The molecule has 3 rings (SSSR count). The van der Waals surface area contributed by atoms with Crippen LogP contribution >= 0.6 is 0 Å². The van der Waals surface area contributed by atoms with Crippen LogP contribution in [-0.2, 0) is 30.9 Å². The lowest BCUT2D eigenvalue weighted by Crippen LogP contribution is -2.51. The first-order valence-corrected chi connectivity index (χ1v) is 12.3. The summed E-state index contributed by atoms with van der Waals surface area (Å²) >= 11 is 0. The zero-order valence-electron chi connectivity index (χ0n) is 18.6. The van der Waals surface area contributed by atoms with Crippen LogP contribution in [-0.4, -0.2) is 68.9 Å². The number of benzene rings is 2. The summed E-state index contributed by atoms with van der Waals surface area (Å²) in [5.41, 5.74) is 1.94. The molecule has 1 unspecified atom stereocenters. The third-order valence-electron chi connectivity index (χ3n) is 5.25. The van der Waals surface area contributed by atoms with E-state index in [0.717, 1.165) is 25.0 Å². The Labute approximate surface area is 194 Å². The fourth-order valence-electron chi connectivity index (χ4n) is 3.45. The van der Waals surface area contributed by atoms with Gasteiger partial charge in [0.1, 0.15) is 6.54 Å². The highest BCUT2D eigenvalue weighted by atomic mass is 32.2. The molecular formula is C24H29N3O5S. The summed E-state index contributed by atoms with van der Waals surface area (Å²) in [7, 11) is -3.82. The quantitative estimate of drug-likeness (QED) is 0.561. The molecule has 1 N–H and O–H groups in total. The van der Waals surface area contributed by atoms with Gasteiger partial charge >= 0.3 is 5.97 Å². The predicted octanol–water partition coefficient (Wildman–Crippen LogP) is 1.85. The Balaban J connectivity index is 1.40. The second kappa shape index (κ2) is 11.7. The standard InChI is InChI=1S/C24H29N3O5S/c1-20(24(29)27-15-13-26(14-16-27)19-22-10-6-3-7-11-22)32-23(28)18-25-33(30,31)17-12-21-8-4-2-5-9-21/h2-12,17,20,25H,13-16,18-19H2,1H3/b17-12+. The van der Waals surface area contributed by atoms with Crippen LogP contribution < -0.4 is 4.72 Å². The maximum absolute atomic E-state index is 12.6. The molecule has 8 nitrogen and oxygen atoms in total. The molecule has 0 saturated carbocycles. The summed E-state index contributed by atoms with van der Waals surface area (Å²) in [4.78, 5) is 28.6. The first kappa shape index (κ1) is 24.6. The van der Waals surface area contributed by atoms with Gasteiger partial charge < -0.3 is 9.64 Å². The molecule has 1 aliphatic heterocycles. The van der Waals surface area contributed by atoms with E-state index in [1.807, 2.05) is 24.3 Å². The molecule has 2 aromatic rings. The number of esters is 1. The molecule has 1 saturated heterocycles. The molecule has 1 heterocycles. The van der Waals surface area contributed by atoms with E-state index in [0.29, 0.717) is 18.7 Å². The van der Waals surface area contributed by atoms with Crippen LogP contribution in [0.4, 0.5) is 0 Å². The minimum atomic E-state index is -3.82. The third-order valence-corrected chi connectivity index (χ3v) is 6.29. The molecule has 0 radical (unpaired) electrons. The Bertz CT molecular complexity index is 1050. The van der Waals surface area contributed by atoms with Crippen LogP contribution in [0, 0.1) is 0 Å². The fourth-order valence-corrected chi connectivity index (χ4v) is 4.21. The molecule has 0 bridgehead atoms. The van der Waals surface area contributed by atoms with E-state index in [4.69, 9.17) is 4.74 Å². The molecule has 1 fully saturated rings. The van der Waals surface area contributed by atoms with Gasteiger partial charge in [-0.15, -0.1) is 0 Å². The molecule has 9 heteroatoms. The van der Waals surface area contributed by atoms with Crippen molar-refractivity contribution in [3.63, 3.8) is 0 Å². The van der Waals surface area contributed by atoms with Crippen LogP contribution in [0.15, 0.2) is 66.1 Å². The third kappa shape index (κ3) is 8.12. The lowest BCUT2D eigenvalue weighted by molar-refractivity contribution is -0.159. The number of hydrogen-bond acceptors (Lipinski definition) is 6. The van der Waals surface area contributed by atoms with Crippen LogP contribution in [0.25, 0.3) is 6.08 Å². The van der Waals surface area contributed by atoms with E-state index in [2.05, 4.69) is 21.8 Å². The number of nitrogens with one attached hydrogen (secondary N) is 1. The van der Waals surface area contributed by atoms with E-state index < -0.39 is 28.6 Å². The smallest absolute Gasteiger partial charge is 0.321 e. The van der Waals surface area contributed by atoms with Crippen molar-refractivity contribution in [1.29, 1.82) is 0 Å². The Morgan fingerprint density at radius 1 is 1.00 bits per heavy atom. The maximum atomic E-state index is 12.6. The molecule has 33 heavy (non-hydrogen) atoms. The van der Waals surface area contributed by atoms with E-state index in [1.54, 1.807) is 29.2 Å². The minimum Gasteiger partial charge on any atom is -0.452 e. The number of carbonyl (C=O) groups excluding carboxylic acids is 2. The van der Waals surface area contributed by atoms with Crippen molar-refractivity contribution in [3.05, 3.63) is 77.2 Å². The second-order valence-corrected chi connectivity index (χ2v) is 9.45. The van der Waals surface area contributed by atoms with Crippen molar-refractivity contribution in [1.82, 2.24) is 14.5 Å². The number of ether oxygens (including phenoxy) is 1. The maximum Gasteiger partial charge on any atom is 0.321 e. The lowest BCUT2D eigenvalue weighted by Gasteiger charge is -2.35. The van der Waals surface area contributed by atoms with Gasteiger partial charge in [-0.1, -0.05) is 60.7 Å². The van der Waals surface area contributed by atoms with Crippen molar-refractivity contribution in [2.24, 2.45) is 0 Å². The Kier molecular flexibility index (Phi) is 8.76. The highest BCUT2D eigenvalue weighted by molar-refractivity contribution is 7.92. The van der Waals surface area contributed by atoms with Gasteiger partial charge in [0.25, 0.3) is 5.91 Å². The molecule has 2 aromatic carbocycles. The lowest BCUT2D eigenvalue weighted by atomic mass is 10.2. The SMILES string of the molecule is CC(OC(=O)CNS(=O)(=O)/C=C/c1ccccc1)C(=O)N1CCN(Cc2ccccc2)CC1. The van der Waals surface area contributed by atoms with Gasteiger partial charge in [0.05, 0.1) is 0 Å². The predicted molar refractivity (Wildman–Crippen MR) is 126 cm³/mol. The van der Waals surface area contributed by atoms with E-state index in [1.165, 1.54) is 18.6 Å². The summed E-state index contributed by atoms with van der Waals surface area (Å²) in [5.74, 6) is -1.09.